The molecule has 1 amide bonds. The molecule has 0 fully saturated rings. The summed E-state index contributed by atoms with van der Waals surface area (Å²) in [6.07, 6.45) is 1.55. The second-order valence-electron chi connectivity index (χ2n) is 6.92. The van der Waals surface area contributed by atoms with Crippen LogP contribution in [-0.4, -0.2) is 12.5 Å². The Morgan fingerprint density at radius 1 is 0.935 bits per heavy atom. The summed E-state index contributed by atoms with van der Waals surface area (Å²) in [4.78, 5) is 12.5. The number of ether oxygens (including phenoxy) is 2. The maximum absolute atomic E-state index is 12.5. The third-order valence-electron chi connectivity index (χ3n) is 4.51. The van der Waals surface area contributed by atoms with Gasteiger partial charge in [-0.05, 0) is 67.4 Å². The molecule has 31 heavy (non-hydrogen) atoms. The van der Waals surface area contributed by atoms with Gasteiger partial charge in [-0.1, -0.05) is 42.0 Å². The van der Waals surface area contributed by atoms with Crippen LogP contribution in [0.4, 0.5) is 5.69 Å². The summed E-state index contributed by atoms with van der Waals surface area (Å²) in [6, 6.07) is 24.4. The first-order valence-corrected chi connectivity index (χ1v) is 10.0. The minimum absolute atomic E-state index is 0.0159. The van der Waals surface area contributed by atoms with E-state index < -0.39 is 5.91 Å². The van der Waals surface area contributed by atoms with Gasteiger partial charge in [0.15, 0.2) is 0 Å². The van der Waals surface area contributed by atoms with Gasteiger partial charge in [0.2, 0.25) is 0 Å². The van der Waals surface area contributed by atoms with Gasteiger partial charge in [-0.3, -0.25) is 4.79 Å². The number of carbonyl (C=O) groups is 1. The fraction of sp³-hybridized carbons (Fsp3) is 0.154. The van der Waals surface area contributed by atoms with Crippen LogP contribution in [0.2, 0.25) is 0 Å². The van der Waals surface area contributed by atoms with Gasteiger partial charge in [-0.15, -0.1) is 0 Å². The molecular weight excluding hydrogens is 388 g/mol. The van der Waals surface area contributed by atoms with E-state index in [9.17, 15) is 10.1 Å². The Morgan fingerprint density at radius 3 is 2.16 bits per heavy atom. The van der Waals surface area contributed by atoms with Crippen molar-refractivity contribution in [2.75, 3.05) is 11.9 Å². The quantitative estimate of drug-likeness (QED) is 0.391. The number of hydrogen-bond acceptors (Lipinski definition) is 4. The number of aryl methyl sites for hydroxylation is 1. The van der Waals surface area contributed by atoms with Gasteiger partial charge >= 0.3 is 0 Å². The first-order chi connectivity index (χ1) is 15.1. The maximum atomic E-state index is 12.5. The lowest BCUT2D eigenvalue weighted by atomic mass is 10.1. The molecule has 0 radical (unpaired) electrons. The fourth-order valence-electron chi connectivity index (χ4n) is 2.83. The first-order valence-electron chi connectivity index (χ1n) is 10.0. The zero-order chi connectivity index (χ0) is 22.1. The van der Waals surface area contributed by atoms with Crippen LogP contribution < -0.4 is 14.8 Å². The van der Waals surface area contributed by atoms with Gasteiger partial charge in [0, 0.05) is 5.69 Å². The molecule has 3 rings (SSSR count). The van der Waals surface area contributed by atoms with Crippen molar-refractivity contribution < 1.29 is 14.3 Å². The van der Waals surface area contributed by atoms with Crippen LogP contribution in [-0.2, 0) is 11.4 Å². The second-order valence-corrected chi connectivity index (χ2v) is 6.92. The molecule has 0 spiro atoms. The molecule has 156 valence electrons. The number of nitriles is 1. The van der Waals surface area contributed by atoms with Gasteiger partial charge in [0.05, 0.1) is 6.61 Å². The summed E-state index contributed by atoms with van der Waals surface area (Å²) in [6.45, 7) is 5.00. The molecule has 0 unspecified atom stereocenters. The van der Waals surface area contributed by atoms with Crippen molar-refractivity contribution in [1.82, 2.24) is 0 Å². The summed E-state index contributed by atoms with van der Waals surface area (Å²) in [5, 5.41) is 12.1. The van der Waals surface area contributed by atoms with Gasteiger partial charge < -0.3 is 14.8 Å². The predicted molar refractivity (Wildman–Crippen MR) is 122 cm³/mol. The molecule has 0 aliphatic heterocycles. The number of nitrogens with one attached hydrogen (secondary N) is 1. The van der Waals surface area contributed by atoms with Crippen LogP contribution in [0.3, 0.4) is 0 Å². The smallest absolute Gasteiger partial charge is 0.266 e. The van der Waals surface area contributed by atoms with Gasteiger partial charge in [-0.2, -0.15) is 5.26 Å². The molecule has 0 saturated heterocycles. The SMILES string of the molecule is CCOc1ccc(NC(=O)/C(C#N)=C\c2ccc(OCc3ccc(C)cc3)cc2)cc1. The van der Waals surface area contributed by atoms with Crippen molar-refractivity contribution in [2.24, 2.45) is 0 Å². The van der Waals surface area contributed by atoms with Crippen molar-refractivity contribution in [3.63, 3.8) is 0 Å². The number of rotatable bonds is 8. The van der Waals surface area contributed by atoms with E-state index in [4.69, 9.17) is 9.47 Å². The molecule has 5 nitrogen and oxygen atoms in total. The molecule has 3 aromatic rings. The Bertz CT molecular complexity index is 1080. The van der Waals surface area contributed by atoms with E-state index in [1.54, 1.807) is 30.3 Å². The van der Waals surface area contributed by atoms with E-state index in [0.717, 1.165) is 22.6 Å². The summed E-state index contributed by atoms with van der Waals surface area (Å²) in [7, 11) is 0. The summed E-state index contributed by atoms with van der Waals surface area (Å²) >= 11 is 0. The van der Waals surface area contributed by atoms with Crippen molar-refractivity contribution in [1.29, 1.82) is 5.26 Å². The van der Waals surface area contributed by atoms with E-state index in [2.05, 4.69) is 5.32 Å². The highest BCUT2D eigenvalue weighted by atomic mass is 16.5. The molecule has 1 N–H and O–H groups in total. The van der Waals surface area contributed by atoms with Crippen LogP contribution in [0.5, 0.6) is 11.5 Å². The Kier molecular flexibility index (Phi) is 7.45. The van der Waals surface area contributed by atoms with E-state index in [-0.39, 0.29) is 5.57 Å². The molecule has 0 bridgehead atoms. The summed E-state index contributed by atoms with van der Waals surface area (Å²) in [5.41, 5.74) is 3.64. The third-order valence-corrected chi connectivity index (χ3v) is 4.51. The Labute approximate surface area is 182 Å². The average Bonchev–Trinajstić information content (AvgIpc) is 2.79. The Balaban J connectivity index is 1.61. The Hall–Kier alpha value is -4.04. The number of hydrogen-bond donors (Lipinski definition) is 1. The van der Waals surface area contributed by atoms with E-state index in [0.29, 0.717) is 18.9 Å². The minimum Gasteiger partial charge on any atom is -0.494 e. The van der Waals surface area contributed by atoms with Gasteiger partial charge in [0.25, 0.3) is 5.91 Å². The Morgan fingerprint density at radius 2 is 1.55 bits per heavy atom. The number of benzene rings is 3. The predicted octanol–water partition coefficient (Wildman–Crippen LogP) is 5.52. The molecule has 5 heteroatoms. The molecule has 0 atom stereocenters. The topological polar surface area (TPSA) is 71.3 Å². The largest absolute Gasteiger partial charge is 0.494 e. The molecule has 3 aromatic carbocycles. The highest BCUT2D eigenvalue weighted by Gasteiger charge is 2.10. The number of nitrogens with zero attached hydrogens (tertiary/aromatic N) is 1. The van der Waals surface area contributed by atoms with E-state index in [1.165, 1.54) is 5.56 Å². The maximum Gasteiger partial charge on any atom is 0.266 e. The summed E-state index contributed by atoms with van der Waals surface area (Å²) < 4.78 is 11.2. The van der Waals surface area contributed by atoms with Gasteiger partial charge in [-0.25, -0.2) is 0 Å². The number of anilines is 1. The lowest BCUT2D eigenvalue weighted by Crippen LogP contribution is -2.13. The highest BCUT2D eigenvalue weighted by molar-refractivity contribution is 6.09. The van der Waals surface area contributed by atoms with Crippen LogP contribution in [0.1, 0.15) is 23.6 Å². The summed E-state index contributed by atoms with van der Waals surface area (Å²) in [5.74, 6) is 0.975. The average molecular weight is 412 g/mol. The minimum atomic E-state index is -0.466. The van der Waals surface area contributed by atoms with Crippen LogP contribution in [0, 0.1) is 18.3 Å². The second kappa shape index (κ2) is 10.7. The third kappa shape index (κ3) is 6.48. The van der Waals surface area contributed by atoms with Crippen molar-refractivity contribution >= 4 is 17.7 Å². The molecule has 0 aromatic heterocycles. The molecule has 0 aliphatic carbocycles. The monoisotopic (exact) mass is 412 g/mol. The van der Waals surface area contributed by atoms with E-state index >= 15 is 0 Å². The normalized spacial score (nSPS) is 10.8. The zero-order valence-electron chi connectivity index (χ0n) is 17.6. The van der Waals surface area contributed by atoms with Crippen LogP contribution in [0.25, 0.3) is 6.08 Å². The van der Waals surface area contributed by atoms with Crippen molar-refractivity contribution in [3.05, 3.63) is 95.1 Å². The van der Waals surface area contributed by atoms with Crippen LogP contribution >= 0.6 is 0 Å². The number of carbonyl (C=O) groups excluding carboxylic acids is 1. The molecule has 0 aliphatic rings. The molecular formula is C26H24N2O3. The lowest BCUT2D eigenvalue weighted by Gasteiger charge is -2.08. The lowest BCUT2D eigenvalue weighted by molar-refractivity contribution is -0.112. The first kappa shape index (κ1) is 21.7. The zero-order valence-corrected chi connectivity index (χ0v) is 17.6. The highest BCUT2D eigenvalue weighted by Crippen LogP contribution is 2.19. The van der Waals surface area contributed by atoms with Crippen molar-refractivity contribution in [3.8, 4) is 17.6 Å². The van der Waals surface area contributed by atoms with Crippen molar-refractivity contribution in [2.45, 2.75) is 20.5 Å². The van der Waals surface area contributed by atoms with E-state index in [1.807, 2.05) is 68.4 Å². The van der Waals surface area contributed by atoms with Gasteiger partial charge in [0.1, 0.15) is 29.7 Å². The van der Waals surface area contributed by atoms with Crippen LogP contribution in [0.15, 0.2) is 78.4 Å². The fourth-order valence-corrected chi connectivity index (χ4v) is 2.83. The molecule has 0 heterocycles. The standard InChI is InChI=1S/C26H24N2O3/c1-3-30-24-14-10-23(11-15-24)28-26(29)22(17-27)16-20-8-12-25(13-9-20)31-18-21-6-4-19(2)5-7-21/h4-16H,3,18H2,1-2H3,(H,28,29)/b22-16-. The molecule has 0 saturated carbocycles. The number of amides is 1.